The molecule has 0 aliphatic carbocycles. The summed E-state index contributed by atoms with van der Waals surface area (Å²) in [5.74, 6) is -1.24. The minimum absolute atomic E-state index is 0.0348. The molecule has 2 aromatic rings. The first-order chi connectivity index (χ1) is 14.6. The number of hydrogen-bond acceptors (Lipinski definition) is 7. The van der Waals surface area contributed by atoms with E-state index in [0.717, 1.165) is 11.3 Å². The van der Waals surface area contributed by atoms with Gasteiger partial charge in [-0.25, -0.2) is 4.79 Å². The Hall–Kier alpha value is -2.26. The maximum atomic E-state index is 12.8. The summed E-state index contributed by atoms with van der Waals surface area (Å²) in [4.78, 5) is 39.5. The molecule has 13 heteroatoms. The third-order valence-corrected chi connectivity index (χ3v) is 6.49. The van der Waals surface area contributed by atoms with Gasteiger partial charge >= 0.3 is 5.97 Å². The lowest BCUT2D eigenvalue weighted by molar-refractivity contribution is 0.0601. The molecule has 2 heterocycles. The van der Waals surface area contributed by atoms with Gasteiger partial charge in [0.1, 0.15) is 5.00 Å². The molecule has 10 nitrogen and oxygen atoms in total. The van der Waals surface area contributed by atoms with Gasteiger partial charge in [0.2, 0.25) is 0 Å². The molecular formula is C18H23IN6O4S2. The maximum absolute atomic E-state index is 12.8. The van der Waals surface area contributed by atoms with Crippen LogP contribution in [-0.4, -0.2) is 57.8 Å². The van der Waals surface area contributed by atoms with Crippen molar-refractivity contribution in [2.24, 2.45) is 7.05 Å². The quantitative estimate of drug-likeness (QED) is 0.207. The number of carbonyl (C=O) groups excluding carboxylic acids is 3. The molecule has 0 spiro atoms. The van der Waals surface area contributed by atoms with Crippen LogP contribution in [0.5, 0.6) is 0 Å². The molecule has 0 aliphatic rings. The third kappa shape index (κ3) is 5.71. The summed E-state index contributed by atoms with van der Waals surface area (Å²) in [5.41, 5.74) is 6.01. The number of hydrogen-bond donors (Lipinski definition) is 3. The lowest BCUT2D eigenvalue weighted by atomic mass is 10.1. The summed E-state index contributed by atoms with van der Waals surface area (Å²) in [6.45, 7) is 6.54. The highest BCUT2D eigenvalue weighted by Crippen LogP contribution is 2.34. The molecular weight excluding hydrogens is 555 g/mol. The second-order valence-corrected chi connectivity index (χ2v) is 8.85. The van der Waals surface area contributed by atoms with Gasteiger partial charge in [0.05, 0.1) is 21.1 Å². The molecule has 168 valence electrons. The molecule has 2 amide bonds. The number of anilines is 1. The van der Waals surface area contributed by atoms with Gasteiger partial charge in [0, 0.05) is 26.3 Å². The fourth-order valence-electron chi connectivity index (χ4n) is 2.73. The Kier molecular flexibility index (Phi) is 8.76. The number of thiophene rings is 1. The Balaban J connectivity index is 2.20. The van der Waals surface area contributed by atoms with E-state index in [2.05, 4.69) is 21.3 Å². The molecule has 0 saturated heterocycles. The van der Waals surface area contributed by atoms with E-state index in [4.69, 9.17) is 17.0 Å². The van der Waals surface area contributed by atoms with Crippen molar-refractivity contribution in [1.82, 2.24) is 25.5 Å². The SMILES string of the molecule is CCN(CC)C(=O)c1sc(NC(=S)NNC(=O)c2nn(C)cc2I)c(C(=O)OC)c1C. The van der Waals surface area contributed by atoms with E-state index in [1.165, 1.54) is 11.8 Å². The number of nitrogens with one attached hydrogen (secondary N) is 3. The monoisotopic (exact) mass is 578 g/mol. The highest BCUT2D eigenvalue weighted by atomic mass is 127. The average Bonchev–Trinajstić information content (AvgIpc) is 3.24. The van der Waals surface area contributed by atoms with Crippen LogP contribution in [-0.2, 0) is 11.8 Å². The number of rotatable bonds is 6. The average molecular weight is 578 g/mol. The fourth-order valence-corrected chi connectivity index (χ4v) is 4.87. The van der Waals surface area contributed by atoms with E-state index < -0.39 is 11.9 Å². The molecule has 0 atom stereocenters. The van der Waals surface area contributed by atoms with E-state index in [0.29, 0.717) is 32.1 Å². The van der Waals surface area contributed by atoms with Gasteiger partial charge < -0.3 is 15.0 Å². The van der Waals surface area contributed by atoms with Gasteiger partial charge in [-0.1, -0.05) is 0 Å². The van der Waals surface area contributed by atoms with E-state index in [1.807, 2.05) is 36.4 Å². The number of halogens is 1. The zero-order chi connectivity index (χ0) is 23.3. The third-order valence-electron chi connectivity index (χ3n) is 4.30. The number of ether oxygens (including phenoxy) is 1. The van der Waals surface area contributed by atoms with Crippen LogP contribution >= 0.6 is 46.1 Å². The predicted molar refractivity (Wildman–Crippen MR) is 130 cm³/mol. The first-order valence-corrected chi connectivity index (χ1v) is 11.5. The number of carbonyl (C=O) groups is 3. The Bertz CT molecular complexity index is 1020. The first kappa shape index (κ1) is 25.0. The summed E-state index contributed by atoms with van der Waals surface area (Å²) in [6.07, 6.45) is 1.71. The van der Waals surface area contributed by atoms with Crippen LogP contribution in [0.1, 0.15) is 49.9 Å². The summed E-state index contributed by atoms with van der Waals surface area (Å²) in [7, 11) is 2.98. The molecule has 2 rings (SSSR count). The molecule has 0 saturated carbocycles. The molecule has 31 heavy (non-hydrogen) atoms. The number of aromatic nitrogens is 2. The lowest BCUT2D eigenvalue weighted by Gasteiger charge is -2.17. The van der Waals surface area contributed by atoms with Crippen molar-refractivity contribution in [1.29, 1.82) is 0 Å². The normalized spacial score (nSPS) is 10.4. The molecule has 0 radical (unpaired) electrons. The van der Waals surface area contributed by atoms with Gasteiger partial charge in [-0.05, 0) is 61.1 Å². The standard InChI is InChI=1S/C18H23IN6O4S2/c1-6-25(7-2)16(27)13-9(3)11(17(28)29-5)15(31-13)20-18(30)22-21-14(26)12-10(19)8-24(4)23-12/h8H,6-7H2,1-5H3,(H,21,26)(H2,20,22,30). The first-order valence-electron chi connectivity index (χ1n) is 9.21. The summed E-state index contributed by atoms with van der Waals surface area (Å²) < 4.78 is 7.08. The van der Waals surface area contributed by atoms with Gasteiger partial charge in [-0.3, -0.25) is 25.1 Å². The van der Waals surface area contributed by atoms with Gasteiger partial charge in [0.25, 0.3) is 11.8 Å². The minimum Gasteiger partial charge on any atom is -0.465 e. The molecule has 3 N–H and O–H groups in total. The smallest absolute Gasteiger partial charge is 0.341 e. The van der Waals surface area contributed by atoms with Crippen LogP contribution in [0, 0.1) is 10.5 Å². The number of esters is 1. The Morgan fingerprint density at radius 1 is 1.29 bits per heavy atom. The molecule has 0 fully saturated rings. The van der Waals surface area contributed by atoms with Crippen molar-refractivity contribution in [2.75, 3.05) is 25.5 Å². The van der Waals surface area contributed by atoms with Gasteiger partial charge in [0.15, 0.2) is 10.8 Å². The second-order valence-electron chi connectivity index (χ2n) is 6.26. The van der Waals surface area contributed by atoms with Crippen LogP contribution in [0.15, 0.2) is 6.20 Å². The minimum atomic E-state index is -0.593. The molecule has 0 aliphatic heterocycles. The van der Waals surface area contributed by atoms with E-state index in [-0.39, 0.29) is 22.3 Å². The number of amides is 2. The van der Waals surface area contributed by atoms with Crippen molar-refractivity contribution in [3.05, 3.63) is 31.5 Å². The predicted octanol–water partition coefficient (Wildman–Crippen LogP) is 2.29. The number of nitrogens with zero attached hydrogens (tertiary/aromatic N) is 3. The number of hydrazine groups is 1. The van der Waals surface area contributed by atoms with E-state index >= 15 is 0 Å². The second kappa shape index (κ2) is 10.9. The summed E-state index contributed by atoms with van der Waals surface area (Å²) in [6, 6.07) is 0. The van der Waals surface area contributed by atoms with Crippen molar-refractivity contribution < 1.29 is 19.1 Å². The Morgan fingerprint density at radius 2 is 1.94 bits per heavy atom. The van der Waals surface area contributed by atoms with Crippen LogP contribution in [0.4, 0.5) is 5.00 Å². The van der Waals surface area contributed by atoms with Crippen molar-refractivity contribution in [3.8, 4) is 0 Å². The van der Waals surface area contributed by atoms with Crippen LogP contribution in [0.3, 0.4) is 0 Å². The summed E-state index contributed by atoms with van der Waals surface area (Å²) >= 11 is 8.34. The van der Waals surface area contributed by atoms with Gasteiger partial charge in [-0.15, -0.1) is 11.3 Å². The summed E-state index contributed by atoms with van der Waals surface area (Å²) in [5, 5.41) is 7.33. The van der Waals surface area contributed by atoms with Crippen LogP contribution in [0.25, 0.3) is 0 Å². The number of aryl methyl sites for hydroxylation is 1. The number of thiocarbonyl (C=S) groups is 1. The number of methoxy groups -OCH3 is 1. The van der Waals surface area contributed by atoms with Crippen LogP contribution in [0.2, 0.25) is 0 Å². The fraction of sp³-hybridized carbons (Fsp3) is 0.389. The highest BCUT2D eigenvalue weighted by Gasteiger charge is 2.27. The largest absolute Gasteiger partial charge is 0.465 e. The highest BCUT2D eigenvalue weighted by molar-refractivity contribution is 14.1. The van der Waals surface area contributed by atoms with Crippen molar-refractivity contribution >= 4 is 74.0 Å². The molecule has 0 aromatic carbocycles. The van der Waals surface area contributed by atoms with Crippen molar-refractivity contribution in [2.45, 2.75) is 20.8 Å². The van der Waals surface area contributed by atoms with Crippen LogP contribution < -0.4 is 16.2 Å². The maximum Gasteiger partial charge on any atom is 0.341 e. The Labute approximate surface area is 202 Å². The van der Waals surface area contributed by atoms with E-state index in [1.54, 1.807) is 25.1 Å². The molecule has 0 bridgehead atoms. The zero-order valence-corrected chi connectivity index (χ0v) is 21.5. The van der Waals surface area contributed by atoms with E-state index in [9.17, 15) is 14.4 Å². The topological polar surface area (TPSA) is 118 Å². The Morgan fingerprint density at radius 3 is 2.45 bits per heavy atom. The zero-order valence-electron chi connectivity index (χ0n) is 17.7. The van der Waals surface area contributed by atoms with Crippen molar-refractivity contribution in [3.63, 3.8) is 0 Å². The lowest BCUT2D eigenvalue weighted by Crippen LogP contribution is -2.44. The molecule has 2 aromatic heterocycles. The van der Waals surface area contributed by atoms with Gasteiger partial charge in [-0.2, -0.15) is 5.10 Å². The molecule has 0 unspecified atom stereocenters.